The zero-order chi connectivity index (χ0) is 6.41. The van der Waals surface area contributed by atoms with E-state index in [4.69, 9.17) is 5.73 Å². The summed E-state index contributed by atoms with van der Waals surface area (Å²) in [6.07, 6.45) is 4.82. The van der Waals surface area contributed by atoms with E-state index in [-0.39, 0.29) is 0 Å². The highest BCUT2D eigenvalue weighted by Gasteiger charge is 1.95. The lowest BCUT2D eigenvalue weighted by Crippen LogP contribution is -2.18. The van der Waals surface area contributed by atoms with E-state index in [1.165, 1.54) is 25.6 Å². The molecule has 1 nitrogen and oxygen atoms in total. The van der Waals surface area contributed by atoms with E-state index in [0.717, 1.165) is 0 Å². The lowest BCUT2D eigenvalue weighted by atomic mass is 9.96. The van der Waals surface area contributed by atoms with E-state index in [9.17, 15) is 0 Å². The van der Waals surface area contributed by atoms with Crippen molar-refractivity contribution in [2.24, 2.45) is 5.73 Å². The van der Waals surface area contributed by atoms with E-state index in [2.05, 4.69) is 14.8 Å². The first-order valence-electron chi connectivity index (χ1n) is 3.56. The van der Waals surface area contributed by atoms with Crippen LogP contribution >= 0.6 is 0 Å². The van der Waals surface area contributed by atoms with Gasteiger partial charge in [-0.25, -0.2) is 0 Å². The van der Waals surface area contributed by atoms with Crippen molar-refractivity contribution in [1.29, 1.82) is 0 Å². The van der Waals surface area contributed by atoms with Crippen LogP contribution in [0.3, 0.4) is 0 Å². The number of hydrogen-bond donors (Lipinski definition) is 1. The third-order valence-electron chi connectivity index (χ3n) is 1.32. The Labute approximate surface area is 53.1 Å². The topological polar surface area (TPSA) is 26.0 Å². The molecule has 0 aliphatic heterocycles. The monoisotopic (exact) mass is 113 g/mol. The van der Waals surface area contributed by atoms with Gasteiger partial charge in [-0.1, -0.05) is 19.7 Å². The average Bonchev–Trinajstić information content (AvgIpc) is 1.68. The van der Waals surface area contributed by atoms with Crippen LogP contribution in [0, 0.1) is 0 Å². The summed E-state index contributed by atoms with van der Waals surface area (Å²) in [5.74, 6) is 0. The molecule has 0 fully saturated rings. The SMILES string of the molecule is BCCC(N)CCC. The lowest BCUT2D eigenvalue weighted by Gasteiger charge is -2.06. The molecule has 1 unspecified atom stereocenters. The van der Waals surface area contributed by atoms with Gasteiger partial charge in [0.1, 0.15) is 7.85 Å². The quantitative estimate of drug-likeness (QED) is 0.529. The van der Waals surface area contributed by atoms with Gasteiger partial charge in [0.15, 0.2) is 0 Å². The van der Waals surface area contributed by atoms with Gasteiger partial charge in [-0.05, 0) is 12.8 Å². The van der Waals surface area contributed by atoms with Gasteiger partial charge >= 0.3 is 0 Å². The van der Waals surface area contributed by atoms with Crippen LogP contribution in [0.1, 0.15) is 26.2 Å². The highest BCUT2D eigenvalue weighted by molar-refractivity contribution is 6.08. The van der Waals surface area contributed by atoms with Crippen LogP contribution in [-0.2, 0) is 0 Å². The smallest absolute Gasteiger partial charge is 0.101 e. The molecule has 0 heterocycles. The summed E-state index contributed by atoms with van der Waals surface area (Å²) in [5, 5.41) is 0. The minimum Gasteiger partial charge on any atom is -0.328 e. The predicted octanol–water partition coefficient (Wildman–Crippen LogP) is 0.555. The maximum absolute atomic E-state index is 5.69. The maximum atomic E-state index is 5.69. The van der Waals surface area contributed by atoms with Gasteiger partial charge < -0.3 is 5.73 Å². The van der Waals surface area contributed by atoms with Crippen molar-refractivity contribution < 1.29 is 0 Å². The van der Waals surface area contributed by atoms with E-state index in [1.807, 2.05) is 0 Å². The molecule has 0 aromatic carbocycles. The summed E-state index contributed by atoms with van der Waals surface area (Å²) in [5.41, 5.74) is 5.69. The first-order valence-corrected chi connectivity index (χ1v) is 3.56. The fourth-order valence-corrected chi connectivity index (χ4v) is 0.886. The lowest BCUT2D eigenvalue weighted by molar-refractivity contribution is 0.586. The number of rotatable bonds is 4. The Morgan fingerprint density at radius 1 is 1.50 bits per heavy atom. The molecule has 0 rings (SSSR count). The summed E-state index contributed by atoms with van der Waals surface area (Å²) in [6, 6.07) is 0.463. The van der Waals surface area contributed by atoms with Crippen LogP contribution in [0.15, 0.2) is 0 Å². The van der Waals surface area contributed by atoms with Crippen LogP contribution in [0.25, 0.3) is 0 Å². The predicted molar refractivity (Wildman–Crippen MR) is 40.9 cm³/mol. The second-order valence-corrected chi connectivity index (χ2v) is 2.34. The Kier molecular flexibility index (Phi) is 5.18. The van der Waals surface area contributed by atoms with Crippen molar-refractivity contribution in [3.63, 3.8) is 0 Å². The normalized spacial score (nSPS) is 13.8. The van der Waals surface area contributed by atoms with Gasteiger partial charge in [-0.2, -0.15) is 0 Å². The van der Waals surface area contributed by atoms with Crippen LogP contribution in [0.4, 0.5) is 0 Å². The molecule has 2 heteroatoms. The van der Waals surface area contributed by atoms with Gasteiger partial charge in [-0.3, -0.25) is 0 Å². The maximum Gasteiger partial charge on any atom is 0.101 e. The molecule has 0 radical (unpaired) electrons. The first-order chi connectivity index (χ1) is 3.81. The van der Waals surface area contributed by atoms with Crippen molar-refractivity contribution in [1.82, 2.24) is 0 Å². The molecule has 0 aromatic heterocycles. The Hall–Kier alpha value is 0.0249. The van der Waals surface area contributed by atoms with Crippen molar-refractivity contribution in [2.75, 3.05) is 0 Å². The van der Waals surface area contributed by atoms with Gasteiger partial charge in [0.05, 0.1) is 0 Å². The minimum absolute atomic E-state index is 0.463. The summed E-state index contributed by atoms with van der Waals surface area (Å²) in [7, 11) is 2.18. The van der Waals surface area contributed by atoms with Crippen molar-refractivity contribution in [3.05, 3.63) is 0 Å². The van der Waals surface area contributed by atoms with E-state index < -0.39 is 0 Å². The first kappa shape index (κ1) is 8.02. The molecule has 48 valence electrons. The summed E-state index contributed by atoms with van der Waals surface area (Å²) >= 11 is 0. The Balaban J connectivity index is 2.92. The van der Waals surface area contributed by atoms with Gasteiger partial charge in [0, 0.05) is 6.04 Å². The Bertz CT molecular complexity index is 41.8. The molecular weight excluding hydrogens is 96.9 g/mol. The van der Waals surface area contributed by atoms with Crippen molar-refractivity contribution in [3.8, 4) is 0 Å². The second-order valence-electron chi connectivity index (χ2n) is 2.34. The highest BCUT2D eigenvalue weighted by Crippen LogP contribution is 1.99. The van der Waals surface area contributed by atoms with Crippen LogP contribution in [0.5, 0.6) is 0 Å². The van der Waals surface area contributed by atoms with Crippen LogP contribution < -0.4 is 5.73 Å². The van der Waals surface area contributed by atoms with E-state index in [0.29, 0.717) is 6.04 Å². The summed E-state index contributed by atoms with van der Waals surface area (Å²) < 4.78 is 0. The third kappa shape index (κ3) is 4.19. The van der Waals surface area contributed by atoms with Crippen LogP contribution in [-0.4, -0.2) is 13.9 Å². The fraction of sp³-hybridized carbons (Fsp3) is 1.00. The zero-order valence-corrected chi connectivity index (χ0v) is 5.98. The molecule has 0 saturated carbocycles. The van der Waals surface area contributed by atoms with Crippen LogP contribution in [0.2, 0.25) is 6.32 Å². The standard InChI is InChI=1S/C6H16BN/c1-2-3-6(8)4-5-7/h6H,2-5,7-8H2,1H3. The van der Waals surface area contributed by atoms with E-state index >= 15 is 0 Å². The number of nitrogens with two attached hydrogens (primary N) is 1. The van der Waals surface area contributed by atoms with Crippen molar-refractivity contribution in [2.45, 2.75) is 38.5 Å². The Morgan fingerprint density at radius 2 is 2.12 bits per heavy atom. The second kappa shape index (κ2) is 5.17. The van der Waals surface area contributed by atoms with E-state index in [1.54, 1.807) is 0 Å². The average molecular weight is 113 g/mol. The molecule has 0 spiro atoms. The molecule has 2 N–H and O–H groups in total. The molecule has 0 bridgehead atoms. The molecule has 0 saturated heterocycles. The number of hydrogen-bond acceptors (Lipinski definition) is 1. The molecule has 0 amide bonds. The molecule has 1 atom stereocenters. The molecule has 8 heavy (non-hydrogen) atoms. The molecule has 0 aliphatic carbocycles. The van der Waals surface area contributed by atoms with Gasteiger partial charge in [-0.15, -0.1) is 0 Å². The summed E-state index contributed by atoms with van der Waals surface area (Å²) in [4.78, 5) is 0. The van der Waals surface area contributed by atoms with Crippen molar-refractivity contribution >= 4 is 7.85 Å². The minimum atomic E-state index is 0.463. The summed E-state index contributed by atoms with van der Waals surface area (Å²) in [6.45, 7) is 2.18. The zero-order valence-electron chi connectivity index (χ0n) is 5.98. The molecule has 0 aromatic rings. The fourth-order valence-electron chi connectivity index (χ4n) is 0.886. The largest absolute Gasteiger partial charge is 0.328 e. The van der Waals surface area contributed by atoms with Gasteiger partial charge in [0.2, 0.25) is 0 Å². The molecular formula is C6H16BN. The third-order valence-corrected chi connectivity index (χ3v) is 1.32. The highest BCUT2D eigenvalue weighted by atomic mass is 14.6. The van der Waals surface area contributed by atoms with Gasteiger partial charge in [0.25, 0.3) is 0 Å². The Morgan fingerprint density at radius 3 is 2.50 bits per heavy atom. The molecule has 0 aliphatic rings.